The van der Waals surface area contributed by atoms with E-state index in [0.717, 1.165) is 66.8 Å². The van der Waals surface area contributed by atoms with E-state index < -0.39 is 67.1 Å². The molecule has 0 spiro atoms. The monoisotopic (exact) mass is 1470 g/mol. The Hall–Kier alpha value is -9.28. The van der Waals surface area contributed by atoms with E-state index in [1.165, 1.54) is 66.6 Å². The summed E-state index contributed by atoms with van der Waals surface area (Å²) in [6.45, 7) is 32.7. The van der Waals surface area contributed by atoms with Crippen molar-refractivity contribution >= 4 is 26.5 Å². The number of hydrogen-bond acceptors (Lipinski definition) is 0. The fourth-order valence-electron chi connectivity index (χ4n) is 13.1. The summed E-state index contributed by atoms with van der Waals surface area (Å²) in [7, 11) is 6.84. The first kappa shape index (κ1) is 62.7. The first-order valence-electron chi connectivity index (χ1n) is 45.2. The second kappa shape index (κ2) is 35.2. The zero-order valence-electron chi connectivity index (χ0n) is 84.6. The molecule has 0 atom stereocenters. The average Bonchev–Trinajstić information content (AvgIpc) is 0.742. The van der Waals surface area contributed by atoms with Crippen LogP contribution in [0.1, 0.15) is 141 Å². The van der Waals surface area contributed by atoms with Crippen LogP contribution in [0.4, 0.5) is 0 Å². The van der Waals surface area contributed by atoms with Crippen molar-refractivity contribution in [2.75, 3.05) is 0 Å². The summed E-state index contributed by atoms with van der Waals surface area (Å²) in [6, 6.07) is 64.8. The molecule has 12 rings (SSSR count). The zero-order chi connectivity index (χ0) is 92.4. The first-order valence-corrected chi connectivity index (χ1v) is 44.2. The molecule has 0 saturated carbocycles. The van der Waals surface area contributed by atoms with Gasteiger partial charge in [0.1, 0.15) is 35.2 Å². The van der Waals surface area contributed by atoms with Gasteiger partial charge in [-0.05, 0) is 209 Å². The minimum Gasteiger partial charge on any atom is -0.201 e. The molecule has 0 N–H and O–H groups in total. The molecule has 0 aliphatic rings. The van der Waals surface area contributed by atoms with Crippen molar-refractivity contribution in [2.45, 2.75) is 176 Å². The van der Waals surface area contributed by atoms with Gasteiger partial charge in [-0.1, -0.05) is 225 Å². The first-order chi connectivity index (χ1) is 56.4. The molecule has 0 radical (unpaired) electrons. The van der Waals surface area contributed by atoms with Crippen LogP contribution in [0.3, 0.4) is 0 Å². The quantitative estimate of drug-likeness (QED) is 0.0908. The lowest BCUT2D eigenvalue weighted by atomic mass is 9.87. The Morgan fingerprint density at radius 2 is 0.720 bits per heavy atom. The Balaban J connectivity index is 0.000000191. The molecular formula is C100H128N5Si2+5. The van der Waals surface area contributed by atoms with Gasteiger partial charge in [-0.3, -0.25) is 0 Å². The highest BCUT2D eigenvalue weighted by molar-refractivity contribution is 6.89. The van der Waals surface area contributed by atoms with Crippen LogP contribution in [0.15, 0.2) is 225 Å². The molecule has 0 fully saturated rings. The van der Waals surface area contributed by atoms with Gasteiger partial charge in [0.25, 0.3) is 0 Å². The molecule has 0 bridgehead atoms. The molecule has 5 nitrogen and oxygen atoms in total. The SMILES string of the molecule is Cc1cc[n+](C)c(-c2cc(-c3ccccc3)ccc2C)c1.Cc1ccc(-c2ccccc2)cc1-c1ccc([Si](C)(C)C)c[n+]1C.[2H]C([2H])([2H])c1ccc(-c2cc(C([2H])([2H])C(C)(C)C)c([Si](C)(C)C)c[n+]2C)c(C)c1.[2H]C([2H])([2H])c1ccc(-c2cc(C)c(C([2H])([2H])C(C)(C)C)c[n+]2C)c(C)c1.[2H]C([2H])([2H])c1ccc(-c2cc(C)c(C([2H])([2H])[2H])c[n+]2C)c(C)c1. The van der Waals surface area contributed by atoms with Gasteiger partial charge < -0.3 is 0 Å². The van der Waals surface area contributed by atoms with Crippen molar-refractivity contribution < 1.29 is 44.8 Å². The van der Waals surface area contributed by atoms with Crippen LogP contribution in [0, 0.1) is 93.6 Å². The third-order valence-corrected chi connectivity index (χ3v) is 23.2. The van der Waals surface area contributed by atoms with Crippen LogP contribution in [0.25, 0.3) is 78.5 Å². The lowest BCUT2D eigenvalue weighted by molar-refractivity contribution is -0.661. The van der Waals surface area contributed by atoms with Crippen molar-refractivity contribution in [3.63, 3.8) is 0 Å². The molecule has 0 saturated heterocycles. The highest BCUT2D eigenvalue weighted by Gasteiger charge is 2.29. The highest BCUT2D eigenvalue weighted by atomic mass is 28.3. The van der Waals surface area contributed by atoms with E-state index in [9.17, 15) is 0 Å². The molecule has 5 heterocycles. The number of aromatic nitrogens is 5. The minimum absolute atomic E-state index is 0.303. The van der Waals surface area contributed by atoms with E-state index in [4.69, 9.17) is 21.9 Å². The van der Waals surface area contributed by atoms with Crippen molar-refractivity contribution in [1.29, 1.82) is 0 Å². The van der Waals surface area contributed by atoms with Crippen LogP contribution < -0.4 is 33.2 Å². The van der Waals surface area contributed by atoms with Crippen molar-refractivity contribution in [3.05, 3.63) is 303 Å². The van der Waals surface area contributed by atoms with E-state index in [0.29, 0.717) is 33.4 Å². The summed E-state index contributed by atoms with van der Waals surface area (Å²) >= 11 is 0. The van der Waals surface area contributed by atoms with Gasteiger partial charge in [0.2, 0.25) is 28.5 Å². The molecule has 0 unspecified atom stereocenters. The number of benzene rings is 7. The number of aryl methyl sites for hydroxylation is 17. The van der Waals surface area contributed by atoms with Crippen LogP contribution >= 0.6 is 0 Å². The third kappa shape index (κ3) is 22.7. The summed E-state index contributed by atoms with van der Waals surface area (Å²) in [6.07, 6.45) is 7.03. The number of nitrogens with zero attached hydrogens (tertiary/aromatic N) is 5. The fraction of sp³-hybridized carbons (Fsp3) is 0.330. The van der Waals surface area contributed by atoms with Crippen LogP contribution in [-0.4, -0.2) is 16.1 Å². The Bertz CT molecular complexity index is 5780. The predicted molar refractivity (Wildman–Crippen MR) is 465 cm³/mol. The van der Waals surface area contributed by atoms with E-state index in [-0.39, 0.29) is 0 Å². The standard InChI is InChI=1S/C22H26NSi.C22H34NSi.C20H20N.C20H28N.C16H20N/c1-17-11-12-19(18-9-7-6-8-10-18)15-21(17)22-14-13-20(16-23(22)2)24(3,4)5;1-16-10-11-19(17(2)12-16)20-13-18(14-22(3,4)5)21(15-23(20)6)24(7,8)9;1-15-11-12-21(3)20(13-15)19-14-18(10-9-16(19)2)17-7-5-4-6-8-17;1-14-8-9-18(16(3)10-14)19-11-15(2)17(13-21(19)7)12-20(4,5)6;1-11-6-7-15(13(3)8-11)16-9-12(2)14(4)10-17(16)5/h6-16H,1-5H3;10-13,15H,14H2,1-9H3;4-14H,1-3H3;8-11,13H,12H2,1-7H3;6-10H,1-5H3/q5*+1/i;1D3,14D2;;1D3,12D2;1D3,4D3. The maximum Gasteiger partial charge on any atom is 0.212 e. The number of rotatable bonds is 11. The Labute approximate surface area is 672 Å². The Morgan fingerprint density at radius 1 is 0.299 bits per heavy atom. The second-order valence-corrected chi connectivity index (χ2v) is 43.2. The average molecular weight is 1470 g/mol. The lowest BCUT2D eigenvalue weighted by Gasteiger charge is -2.25. The molecular weight excluding hydrogens is 1330 g/mol. The third-order valence-electron chi connectivity index (χ3n) is 19.1. The van der Waals surface area contributed by atoms with E-state index in [1.54, 1.807) is 67.2 Å². The fourth-order valence-corrected chi connectivity index (χ4v) is 15.8. The van der Waals surface area contributed by atoms with Gasteiger partial charge in [0, 0.05) is 108 Å². The summed E-state index contributed by atoms with van der Waals surface area (Å²) < 4.78 is 136. The van der Waals surface area contributed by atoms with E-state index in [2.05, 4.69) is 223 Å². The highest BCUT2D eigenvalue weighted by Crippen LogP contribution is 2.33. The van der Waals surface area contributed by atoms with Gasteiger partial charge in [-0.2, -0.15) is 0 Å². The van der Waals surface area contributed by atoms with Crippen molar-refractivity contribution in [2.24, 2.45) is 46.1 Å². The topological polar surface area (TPSA) is 19.4 Å². The minimum atomic E-state index is -2.15. The van der Waals surface area contributed by atoms with Gasteiger partial charge in [0.05, 0.1) is 16.1 Å². The maximum absolute atomic E-state index is 8.94. The van der Waals surface area contributed by atoms with Gasteiger partial charge >= 0.3 is 0 Å². The summed E-state index contributed by atoms with van der Waals surface area (Å²) in [5, 5.41) is 2.60. The number of pyridine rings is 5. The van der Waals surface area contributed by atoms with Crippen molar-refractivity contribution in [1.82, 2.24) is 0 Å². The van der Waals surface area contributed by atoms with Crippen LogP contribution in [0.2, 0.25) is 39.3 Å². The predicted octanol–water partition coefficient (Wildman–Crippen LogP) is 22.2. The molecule has 107 heavy (non-hydrogen) atoms. The van der Waals surface area contributed by atoms with Crippen LogP contribution in [-0.2, 0) is 48.0 Å². The Morgan fingerprint density at radius 3 is 1.15 bits per heavy atom. The second-order valence-electron chi connectivity index (χ2n) is 33.1. The smallest absolute Gasteiger partial charge is 0.201 e. The summed E-state index contributed by atoms with van der Waals surface area (Å²) in [5.74, 6) is 0. The molecule has 0 aliphatic carbocycles. The maximum atomic E-state index is 8.94. The molecule has 5 aromatic heterocycles. The molecule has 556 valence electrons. The summed E-state index contributed by atoms with van der Waals surface area (Å²) in [4.78, 5) is 0. The van der Waals surface area contributed by atoms with Gasteiger partial charge in [-0.25, -0.2) is 22.8 Å². The summed E-state index contributed by atoms with van der Waals surface area (Å²) in [5.41, 5.74) is 25.3. The largest absolute Gasteiger partial charge is 0.212 e. The number of hydrogen-bond donors (Lipinski definition) is 0. The molecule has 0 amide bonds. The van der Waals surface area contributed by atoms with E-state index in [1.807, 2.05) is 129 Å². The van der Waals surface area contributed by atoms with Gasteiger partial charge in [0.15, 0.2) is 31.0 Å². The van der Waals surface area contributed by atoms with E-state index >= 15 is 0 Å². The van der Waals surface area contributed by atoms with Crippen molar-refractivity contribution in [3.8, 4) is 78.5 Å². The normalized spacial score (nSPS) is 14.4. The van der Waals surface area contributed by atoms with Gasteiger partial charge in [-0.15, -0.1) is 0 Å². The Kier molecular flexibility index (Phi) is 20.6. The zero-order valence-corrected chi connectivity index (χ0v) is 70.6. The lowest BCUT2D eigenvalue weighted by Crippen LogP contribution is -2.47. The molecule has 7 aromatic carbocycles. The molecule has 7 heteroatoms. The van der Waals surface area contributed by atoms with Crippen LogP contribution in [0.5, 0.6) is 0 Å². The molecule has 12 aromatic rings. The molecule has 0 aliphatic heterocycles.